The lowest BCUT2D eigenvalue weighted by molar-refractivity contribution is 0.0924. The molecule has 1 amide bonds. The summed E-state index contributed by atoms with van der Waals surface area (Å²) < 4.78 is 11.9. The van der Waals surface area contributed by atoms with Gasteiger partial charge in [0.25, 0.3) is 11.5 Å². The molecule has 3 rings (SSSR count). The van der Waals surface area contributed by atoms with Gasteiger partial charge in [0.2, 0.25) is 0 Å². The van der Waals surface area contributed by atoms with Crippen LogP contribution in [0.1, 0.15) is 17.5 Å². The number of furan rings is 1. The highest BCUT2D eigenvalue weighted by molar-refractivity contribution is 5.91. The van der Waals surface area contributed by atoms with Crippen molar-refractivity contribution in [3.05, 3.63) is 71.2 Å². The Balaban J connectivity index is 1.62. The predicted octanol–water partition coefficient (Wildman–Crippen LogP) is 2.33. The standard InChI is InChI=1S/C19H19N3O4/c1-2-25-15-7-5-14(6-8-15)16-12-18(23)22(13-21-16)10-9-20-19(24)17-4-3-11-26-17/h3-8,11-13H,2,9-10H2,1H3,(H,20,24). The molecule has 0 bridgehead atoms. The molecule has 0 saturated heterocycles. The minimum Gasteiger partial charge on any atom is -0.494 e. The third-order valence-electron chi connectivity index (χ3n) is 3.72. The second kappa shape index (κ2) is 8.15. The molecular weight excluding hydrogens is 334 g/mol. The Kier molecular flexibility index (Phi) is 5.48. The summed E-state index contributed by atoms with van der Waals surface area (Å²) in [5.74, 6) is 0.695. The van der Waals surface area contributed by atoms with Gasteiger partial charge in [0.1, 0.15) is 5.75 Å². The molecule has 0 saturated carbocycles. The molecule has 0 unspecified atom stereocenters. The van der Waals surface area contributed by atoms with E-state index in [1.165, 1.54) is 23.2 Å². The smallest absolute Gasteiger partial charge is 0.287 e. The van der Waals surface area contributed by atoms with Crippen LogP contribution in [-0.2, 0) is 6.54 Å². The summed E-state index contributed by atoms with van der Waals surface area (Å²) in [4.78, 5) is 28.4. The van der Waals surface area contributed by atoms with Crippen LogP contribution in [0.4, 0.5) is 0 Å². The average molecular weight is 353 g/mol. The normalized spacial score (nSPS) is 10.5. The van der Waals surface area contributed by atoms with Crippen molar-refractivity contribution in [2.75, 3.05) is 13.2 Å². The lowest BCUT2D eigenvalue weighted by atomic mass is 10.1. The first-order valence-electron chi connectivity index (χ1n) is 8.29. The van der Waals surface area contributed by atoms with Crippen molar-refractivity contribution in [1.82, 2.24) is 14.9 Å². The van der Waals surface area contributed by atoms with E-state index in [2.05, 4.69) is 10.3 Å². The third-order valence-corrected chi connectivity index (χ3v) is 3.72. The van der Waals surface area contributed by atoms with Gasteiger partial charge in [-0.1, -0.05) is 0 Å². The van der Waals surface area contributed by atoms with Crippen LogP contribution in [0.5, 0.6) is 5.75 Å². The van der Waals surface area contributed by atoms with E-state index in [0.717, 1.165) is 11.3 Å². The molecule has 0 spiro atoms. The Labute approximate surface area is 150 Å². The van der Waals surface area contributed by atoms with Gasteiger partial charge in [-0.2, -0.15) is 0 Å². The first-order chi connectivity index (χ1) is 12.7. The van der Waals surface area contributed by atoms with Gasteiger partial charge in [0.05, 0.1) is 24.9 Å². The highest BCUT2D eigenvalue weighted by atomic mass is 16.5. The number of nitrogens with one attached hydrogen (secondary N) is 1. The molecule has 0 atom stereocenters. The fraction of sp³-hybridized carbons (Fsp3) is 0.211. The quantitative estimate of drug-likeness (QED) is 0.704. The van der Waals surface area contributed by atoms with Crippen molar-refractivity contribution >= 4 is 5.91 Å². The Morgan fingerprint density at radius 3 is 2.73 bits per heavy atom. The van der Waals surface area contributed by atoms with E-state index in [0.29, 0.717) is 25.4 Å². The number of amides is 1. The molecule has 7 heteroatoms. The number of aromatic nitrogens is 2. The first kappa shape index (κ1) is 17.5. The monoisotopic (exact) mass is 353 g/mol. The molecule has 2 heterocycles. The second-order valence-electron chi connectivity index (χ2n) is 5.50. The zero-order valence-electron chi connectivity index (χ0n) is 14.3. The number of nitrogens with zero attached hydrogens (tertiary/aromatic N) is 2. The maximum Gasteiger partial charge on any atom is 0.287 e. The minimum atomic E-state index is -0.318. The van der Waals surface area contributed by atoms with Crippen LogP contribution in [0.25, 0.3) is 11.3 Å². The van der Waals surface area contributed by atoms with Crippen LogP contribution in [0.15, 0.2) is 64.3 Å². The molecule has 0 aliphatic rings. The minimum absolute atomic E-state index is 0.184. The molecule has 0 radical (unpaired) electrons. The van der Waals surface area contributed by atoms with Gasteiger partial charge in [0.15, 0.2) is 5.76 Å². The highest BCUT2D eigenvalue weighted by Gasteiger charge is 2.08. The maximum absolute atomic E-state index is 12.3. The van der Waals surface area contributed by atoms with E-state index in [1.54, 1.807) is 12.1 Å². The largest absolute Gasteiger partial charge is 0.494 e. The van der Waals surface area contributed by atoms with E-state index in [1.807, 2.05) is 31.2 Å². The van der Waals surface area contributed by atoms with Crippen molar-refractivity contribution in [3.8, 4) is 17.0 Å². The van der Waals surface area contributed by atoms with Crippen LogP contribution < -0.4 is 15.6 Å². The fourth-order valence-electron chi connectivity index (χ4n) is 2.43. The first-order valence-corrected chi connectivity index (χ1v) is 8.29. The Morgan fingerprint density at radius 2 is 2.08 bits per heavy atom. The topological polar surface area (TPSA) is 86.4 Å². The highest BCUT2D eigenvalue weighted by Crippen LogP contribution is 2.19. The number of rotatable bonds is 7. The fourth-order valence-corrected chi connectivity index (χ4v) is 2.43. The van der Waals surface area contributed by atoms with Crippen molar-refractivity contribution < 1.29 is 13.9 Å². The molecule has 7 nitrogen and oxygen atoms in total. The summed E-state index contributed by atoms with van der Waals surface area (Å²) in [6, 6.07) is 12.1. The van der Waals surface area contributed by atoms with Gasteiger partial charge in [-0.25, -0.2) is 4.98 Å². The second-order valence-corrected chi connectivity index (χ2v) is 5.50. The van der Waals surface area contributed by atoms with Crippen LogP contribution >= 0.6 is 0 Å². The van der Waals surface area contributed by atoms with Crippen LogP contribution in [0.2, 0.25) is 0 Å². The summed E-state index contributed by atoms with van der Waals surface area (Å²) in [5.41, 5.74) is 1.24. The van der Waals surface area contributed by atoms with Gasteiger partial charge >= 0.3 is 0 Å². The van der Waals surface area contributed by atoms with Crippen molar-refractivity contribution in [3.63, 3.8) is 0 Å². The number of benzene rings is 1. The third kappa shape index (κ3) is 4.18. The molecule has 1 N–H and O–H groups in total. The molecule has 26 heavy (non-hydrogen) atoms. The van der Waals surface area contributed by atoms with Crippen LogP contribution in [0.3, 0.4) is 0 Å². The van der Waals surface area contributed by atoms with Gasteiger partial charge in [-0.05, 0) is 43.3 Å². The van der Waals surface area contributed by atoms with Crippen LogP contribution in [0, 0.1) is 0 Å². The van der Waals surface area contributed by atoms with Crippen molar-refractivity contribution in [2.24, 2.45) is 0 Å². The summed E-state index contributed by atoms with van der Waals surface area (Å²) in [5, 5.41) is 2.69. The maximum atomic E-state index is 12.3. The van der Waals surface area contributed by atoms with Crippen LogP contribution in [-0.4, -0.2) is 28.6 Å². The predicted molar refractivity (Wildman–Crippen MR) is 96.1 cm³/mol. The zero-order valence-corrected chi connectivity index (χ0v) is 14.3. The van der Waals surface area contributed by atoms with Gasteiger partial charge in [0, 0.05) is 24.7 Å². The van der Waals surface area contributed by atoms with E-state index >= 15 is 0 Å². The number of carbonyl (C=O) groups excluding carboxylic acids is 1. The lowest BCUT2D eigenvalue weighted by Crippen LogP contribution is -2.30. The SMILES string of the molecule is CCOc1ccc(-c2cc(=O)n(CCNC(=O)c3ccco3)cn2)cc1. The number of hydrogen-bond donors (Lipinski definition) is 1. The molecular formula is C19H19N3O4. The summed E-state index contributed by atoms with van der Waals surface area (Å²) in [6.45, 7) is 3.14. The summed E-state index contributed by atoms with van der Waals surface area (Å²) >= 11 is 0. The van der Waals surface area contributed by atoms with Gasteiger partial charge in [-0.3, -0.25) is 14.2 Å². The van der Waals surface area contributed by atoms with Crippen molar-refractivity contribution in [2.45, 2.75) is 13.5 Å². The van der Waals surface area contributed by atoms with Gasteiger partial charge < -0.3 is 14.5 Å². The average Bonchev–Trinajstić information content (AvgIpc) is 3.19. The summed E-state index contributed by atoms with van der Waals surface area (Å²) in [6.07, 6.45) is 2.91. The molecule has 134 valence electrons. The molecule has 0 fully saturated rings. The zero-order chi connectivity index (χ0) is 18.4. The van der Waals surface area contributed by atoms with Gasteiger partial charge in [-0.15, -0.1) is 0 Å². The Morgan fingerprint density at radius 1 is 1.27 bits per heavy atom. The Hall–Kier alpha value is -3.35. The van der Waals surface area contributed by atoms with Crippen molar-refractivity contribution in [1.29, 1.82) is 0 Å². The van der Waals surface area contributed by atoms with E-state index in [-0.39, 0.29) is 17.2 Å². The molecule has 1 aromatic carbocycles. The van der Waals surface area contributed by atoms with E-state index in [4.69, 9.17) is 9.15 Å². The molecule has 3 aromatic rings. The number of hydrogen-bond acceptors (Lipinski definition) is 5. The molecule has 2 aromatic heterocycles. The number of carbonyl (C=O) groups is 1. The number of ether oxygens (including phenoxy) is 1. The van der Waals surface area contributed by atoms with E-state index < -0.39 is 0 Å². The molecule has 0 aliphatic carbocycles. The van der Waals surface area contributed by atoms with E-state index in [9.17, 15) is 9.59 Å². The summed E-state index contributed by atoms with van der Waals surface area (Å²) in [7, 11) is 0. The molecule has 0 aliphatic heterocycles. The lowest BCUT2D eigenvalue weighted by Gasteiger charge is -2.08. The Bertz CT molecular complexity index is 915.